The topological polar surface area (TPSA) is 66.4 Å². The molecule has 0 fully saturated rings. The van der Waals surface area contributed by atoms with Gasteiger partial charge >= 0.3 is 0 Å². The normalized spacial score (nSPS) is 14.6. The summed E-state index contributed by atoms with van der Waals surface area (Å²) in [6.45, 7) is 3.40. The van der Waals surface area contributed by atoms with Gasteiger partial charge in [0.1, 0.15) is 0 Å². The van der Waals surface area contributed by atoms with E-state index in [0.717, 1.165) is 6.42 Å². The average Bonchev–Trinajstić information content (AvgIpc) is 2.00. The van der Waals surface area contributed by atoms with Gasteiger partial charge in [-0.3, -0.25) is 0 Å². The van der Waals surface area contributed by atoms with Crippen LogP contribution in [0.3, 0.4) is 0 Å². The van der Waals surface area contributed by atoms with Gasteiger partial charge in [-0.25, -0.2) is 13.1 Å². The molecular weight excluding hydrogens is 178 g/mol. The molecule has 0 aromatic carbocycles. The van der Waals surface area contributed by atoms with Crippen LogP contribution in [0.4, 0.5) is 0 Å². The monoisotopic (exact) mass is 195 g/mol. The number of rotatable bonds is 6. The molecule has 0 aliphatic heterocycles. The lowest BCUT2D eigenvalue weighted by molar-refractivity contribution is 0.265. The van der Waals surface area contributed by atoms with Crippen LogP contribution in [0.15, 0.2) is 0 Å². The third kappa shape index (κ3) is 5.51. The Hall–Kier alpha value is -0.130. The van der Waals surface area contributed by atoms with Gasteiger partial charge in [-0.05, 0) is 13.3 Å². The summed E-state index contributed by atoms with van der Waals surface area (Å²) in [7, 11) is -3.17. The molecule has 0 amide bonds. The van der Waals surface area contributed by atoms with Gasteiger partial charge in [-0.15, -0.1) is 0 Å². The Morgan fingerprint density at radius 1 is 1.50 bits per heavy atom. The van der Waals surface area contributed by atoms with E-state index in [-0.39, 0.29) is 18.4 Å². The molecule has 0 saturated heterocycles. The molecule has 5 heteroatoms. The highest BCUT2D eigenvalue weighted by Gasteiger charge is 2.12. The van der Waals surface area contributed by atoms with Crippen LogP contribution in [0, 0.1) is 0 Å². The van der Waals surface area contributed by atoms with Gasteiger partial charge in [-0.1, -0.05) is 13.3 Å². The van der Waals surface area contributed by atoms with E-state index in [1.807, 2.05) is 6.92 Å². The van der Waals surface area contributed by atoms with Gasteiger partial charge in [0.05, 0.1) is 12.4 Å². The van der Waals surface area contributed by atoms with Crippen molar-refractivity contribution in [2.45, 2.75) is 32.7 Å². The first-order chi connectivity index (χ1) is 5.52. The fourth-order valence-electron chi connectivity index (χ4n) is 0.737. The molecule has 0 heterocycles. The summed E-state index contributed by atoms with van der Waals surface area (Å²) in [5.74, 6) is 0.147. The maximum absolute atomic E-state index is 11.1. The van der Waals surface area contributed by atoms with Gasteiger partial charge < -0.3 is 5.11 Å². The SMILES string of the molecule is CCCCS(=O)(=O)NC(C)CO. The third-order valence-corrected chi connectivity index (χ3v) is 3.01. The number of aliphatic hydroxyl groups is 1. The molecule has 0 bridgehead atoms. The fraction of sp³-hybridized carbons (Fsp3) is 1.00. The zero-order valence-corrected chi connectivity index (χ0v) is 8.39. The Kier molecular flexibility index (Phi) is 5.44. The van der Waals surface area contributed by atoms with Crippen molar-refractivity contribution in [3.05, 3.63) is 0 Å². The van der Waals surface area contributed by atoms with Crippen molar-refractivity contribution in [1.29, 1.82) is 0 Å². The van der Waals surface area contributed by atoms with E-state index in [9.17, 15) is 8.42 Å². The van der Waals surface area contributed by atoms with Crippen molar-refractivity contribution in [3.63, 3.8) is 0 Å². The summed E-state index contributed by atoms with van der Waals surface area (Å²) in [5, 5.41) is 8.60. The lowest BCUT2D eigenvalue weighted by Crippen LogP contribution is -2.36. The Morgan fingerprint density at radius 3 is 2.50 bits per heavy atom. The molecule has 0 aromatic heterocycles. The maximum Gasteiger partial charge on any atom is 0.211 e. The fourth-order valence-corrected chi connectivity index (χ4v) is 2.21. The second-order valence-corrected chi connectivity index (χ2v) is 4.75. The van der Waals surface area contributed by atoms with Crippen molar-refractivity contribution in [2.24, 2.45) is 0 Å². The van der Waals surface area contributed by atoms with Crippen LogP contribution in [0.25, 0.3) is 0 Å². The highest BCUT2D eigenvalue weighted by molar-refractivity contribution is 7.89. The highest BCUT2D eigenvalue weighted by atomic mass is 32.2. The minimum atomic E-state index is -3.17. The number of hydrogen-bond acceptors (Lipinski definition) is 3. The van der Waals surface area contributed by atoms with Crippen LogP contribution >= 0.6 is 0 Å². The summed E-state index contributed by atoms with van der Waals surface area (Å²) < 4.78 is 24.6. The predicted molar refractivity (Wildman–Crippen MR) is 48.4 cm³/mol. The molecule has 4 nitrogen and oxygen atoms in total. The standard InChI is InChI=1S/C7H17NO3S/c1-3-4-5-12(10,11)8-7(2)6-9/h7-9H,3-6H2,1-2H3. The van der Waals surface area contributed by atoms with Crippen LogP contribution in [0.1, 0.15) is 26.7 Å². The Morgan fingerprint density at radius 2 is 2.08 bits per heavy atom. The second kappa shape index (κ2) is 5.50. The van der Waals surface area contributed by atoms with Crippen molar-refractivity contribution < 1.29 is 13.5 Å². The molecule has 0 radical (unpaired) electrons. The summed E-state index contributed by atoms with van der Waals surface area (Å²) in [5.41, 5.74) is 0. The molecule has 0 spiro atoms. The number of hydrogen-bond donors (Lipinski definition) is 2. The van der Waals surface area contributed by atoms with Crippen LogP contribution in [0.2, 0.25) is 0 Å². The van der Waals surface area contributed by atoms with Crippen molar-refractivity contribution in [1.82, 2.24) is 4.72 Å². The van der Waals surface area contributed by atoms with Crippen LogP contribution in [-0.4, -0.2) is 31.9 Å². The maximum atomic E-state index is 11.1. The zero-order chi connectivity index (χ0) is 9.61. The van der Waals surface area contributed by atoms with Crippen molar-refractivity contribution in [3.8, 4) is 0 Å². The highest BCUT2D eigenvalue weighted by Crippen LogP contribution is 1.94. The predicted octanol–water partition coefficient (Wildman–Crippen LogP) is 0.0867. The molecule has 0 aliphatic rings. The van der Waals surface area contributed by atoms with Gasteiger partial charge in [-0.2, -0.15) is 0 Å². The number of nitrogens with one attached hydrogen (secondary N) is 1. The smallest absolute Gasteiger partial charge is 0.211 e. The van der Waals surface area contributed by atoms with Gasteiger partial charge in [0.25, 0.3) is 0 Å². The molecule has 12 heavy (non-hydrogen) atoms. The second-order valence-electron chi connectivity index (χ2n) is 2.87. The van der Waals surface area contributed by atoms with E-state index in [1.165, 1.54) is 0 Å². The first-order valence-electron chi connectivity index (χ1n) is 4.12. The first-order valence-corrected chi connectivity index (χ1v) is 5.78. The molecule has 0 aliphatic carbocycles. The van der Waals surface area contributed by atoms with Gasteiger partial charge in [0, 0.05) is 6.04 Å². The van der Waals surface area contributed by atoms with E-state index in [2.05, 4.69) is 4.72 Å². The summed E-state index contributed by atoms with van der Waals surface area (Å²) in [6.07, 6.45) is 1.52. The zero-order valence-electron chi connectivity index (χ0n) is 7.58. The van der Waals surface area contributed by atoms with Crippen LogP contribution < -0.4 is 4.72 Å². The van der Waals surface area contributed by atoms with E-state index in [0.29, 0.717) is 6.42 Å². The van der Waals surface area contributed by atoms with E-state index < -0.39 is 10.0 Å². The quantitative estimate of drug-likeness (QED) is 0.631. The van der Waals surface area contributed by atoms with Crippen LogP contribution in [0.5, 0.6) is 0 Å². The lowest BCUT2D eigenvalue weighted by Gasteiger charge is -2.10. The molecule has 1 unspecified atom stereocenters. The number of aliphatic hydroxyl groups excluding tert-OH is 1. The van der Waals surface area contributed by atoms with E-state index >= 15 is 0 Å². The van der Waals surface area contributed by atoms with E-state index in [1.54, 1.807) is 6.92 Å². The van der Waals surface area contributed by atoms with Crippen molar-refractivity contribution >= 4 is 10.0 Å². The number of unbranched alkanes of at least 4 members (excludes halogenated alkanes) is 1. The Bertz CT molecular complexity index is 201. The van der Waals surface area contributed by atoms with Gasteiger partial charge in [0.2, 0.25) is 10.0 Å². The number of sulfonamides is 1. The molecule has 2 N–H and O–H groups in total. The molecule has 0 aromatic rings. The lowest BCUT2D eigenvalue weighted by atomic mass is 10.4. The minimum absolute atomic E-state index is 0.147. The average molecular weight is 195 g/mol. The summed E-state index contributed by atoms with van der Waals surface area (Å²) in [6, 6.07) is -0.383. The molecule has 0 saturated carbocycles. The van der Waals surface area contributed by atoms with E-state index in [4.69, 9.17) is 5.11 Å². The Labute approximate surface area is 74.0 Å². The van der Waals surface area contributed by atoms with Crippen LogP contribution in [-0.2, 0) is 10.0 Å². The minimum Gasteiger partial charge on any atom is -0.395 e. The molecule has 0 rings (SSSR count). The molecular formula is C7H17NO3S. The first kappa shape index (κ1) is 11.9. The largest absolute Gasteiger partial charge is 0.395 e. The summed E-state index contributed by atoms with van der Waals surface area (Å²) >= 11 is 0. The summed E-state index contributed by atoms with van der Waals surface area (Å²) in [4.78, 5) is 0. The third-order valence-electron chi connectivity index (χ3n) is 1.42. The van der Waals surface area contributed by atoms with Gasteiger partial charge in [0.15, 0.2) is 0 Å². The molecule has 1 atom stereocenters. The molecule has 74 valence electrons. The van der Waals surface area contributed by atoms with Crippen molar-refractivity contribution in [2.75, 3.05) is 12.4 Å². The Balaban J connectivity index is 3.88.